The number of nitrogens with one attached hydrogen (secondary N) is 1. The molecule has 0 saturated carbocycles. The van der Waals surface area contributed by atoms with Crippen molar-refractivity contribution in [1.82, 2.24) is 19.7 Å². The lowest BCUT2D eigenvalue weighted by atomic mass is 10.2. The number of benzene rings is 2. The Hall–Kier alpha value is -3.30. The van der Waals surface area contributed by atoms with Gasteiger partial charge in [-0.1, -0.05) is 23.4 Å². The van der Waals surface area contributed by atoms with Gasteiger partial charge in [0.25, 0.3) is 0 Å². The van der Waals surface area contributed by atoms with Gasteiger partial charge in [0.2, 0.25) is 5.91 Å². The van der Waals surface area contributed by atoms with E-state index in [-0.39, 0.29) is 11.7 Å². The van der Waals surface area contributed by atoms with Gasteiger partial charge in [-0.25, -0.2) is 14.6 Å². The van der Waals surface area contributed by atoms with Crippen LogP contribution >= 0.6 is 23.4 Å². The summed E-state index contributed by atoms with van der Waals surface area (Å²) in [5, 5.41) is 9.40. The van der Waals surface area contributed by atoms with E-state index in [1.165, 1.54) is 18.1 Å². The number of rotatable bonds is 5. The maximum Gasteiger partial charge on any atom is 0.234 e. The van der Waals surface area contributed by atoms with Crippen molar-refractivity contribution in [1.29, 1.82) is 0 Å². The van der Waals surface area contributed by atoms with Gasteiger partial charge in [0, 0.05) is 16.8 Å². The van der Waals surface area contributed by atoms with E-state index < -0.39 is 0 Å². The maximum absolute atomic E-state index is 12.5. The molecule has 0 saturated heterocycles. The van der Waals surface area contributed by atoms with Crippen LogP contribution in [0.2, 0.25) is 5.02 Å². The van der Waals surface area contributed by atoms with Crippen molar-refractivity contribution < 1.29 is 14.3 Å². The van der Waals surface area contributed by atoms with E-state index in [1.807, 2.05) is 12.1 Å². The number of carbonyl (C=O) groups excluding carboxylic acids is 1. The Bertz CT molecular complexity index is 1260. The lowest BCUT2D eigenvalue weighted by Crippen LogP contribution is -2.17. The third-order valence-electron chi connectivity index (χ3n) is 4.57. The van der Waals surface area contributed by atoms with Crippen LogP contribution in [-0.4, -0.2) is 44.6 Å². The summed E-state index contributed by atoms with van der Waals surface area (Å²) >= 11 is 7.29. The van der Waals surface area contributed by atoms with E-state index in [1.54, 1.807) is 41.2 Å². The zero-order chi connectivity index (χ0) is 21.2. The third-order valence-corrected chi connectivity index (χ3v) is 5.82. The number of carbonyl (C=O) groups is 1. The molecule has 0 radical (unpaired) electrons. The van der Waals surface area contributed by atoms with Crippen molar-refractivity contribution in [2.45, 2.75) is 5.03 Å². The Morgan fingerprint density at radius 2 is 1.90 bits per heavy atom. The van der Waals surface area contributed by atoms with E-state index in [0.29, 0.717) is 46.1 Å². The van der Waals surface area contributed by atoms with Gasteiger partial charge in [-0.15, -0.1) is 0 Å². The van der Waals surface area contributed by atoms with Crippen LogP contribution < -0.4 is 14.8 Å². The smallest absolute Gasteiger partial charge is 0.234 e. The number of halogens is 1. The summed E-state index contributed by atoms with van der Waals surface area (Å²) in [5.41, 5.74) is 2.15. The largest absolute Gasteiger partial charge is 0.486 e. The van der Waals surface area contributed by atoms with Crippen LogP contribution in [0.15, 0.2) is 60.0 Å². The quantitative estimate of drug-likeness (QED) is 0.361. The van der Waals surface area contributed by atoms with E-state index in [4.69, 9.17) is 21.1 Å². The summed E-state index contributed by atoms with van der Waals surface area (Å²) < 4.78 is 12.8. The molecule has 10 heteroatoms. The lowest BCUT2D eigenvalue weighted by Gasteiger charge is -2.19. The van der Waals surface area contributed by atoms with Crippen LogP contribution in [0.5, 0.6) is 11.5 Å². The van der Waals surface area contributed by atoms with Crippen LogP contribution in [0, 0.1) is 0 Å². The number of thioether (sulfide) groups is 1. The highest BCUT2D eigenvalue weighted by molar-refractivity contribution is 8.00. The van der Waals surface area contributed by atoms with Gasteiger partial charge in [0.1, 0.15) is 24.6 Å². The van der Waals surface area contributed by atoms with Crippen molar-refractivity contribution >= 4 is 46.0 Å². The molecule has 2 aromatic heterocycles. The van der Waals surface area contributed by atoms with Crippen LogP contribution in [0.1, 0.15) is 0 Å². The molecule has 0 spiro atoms. The second-order valence-corrected chi connectivity index (χ2v) is 8.04. The monoisotopic (exact) mass is 453 g/mol. The van der Waals surface area contributed by atoms with Gasteiger partial charge in [0.05, 0.1) is 23.0 Å². The average Bonchev–Trinajstić information content (AvgIpc) is 3.23. The Morgan fingerprint density at radius 1 is 1.10 bits per heavy atom. The molecule has 5 rings (SSSR count). The first-order valence-corrected chi connectivity index (χ1v) is 10.8. The maximum atomic E-state index is 12.5. The summed E-state index contributed by atoms with van der Waals surface area (Å²) in [4.78, 5) is 21.1. The normalized spacial score (nSPS) is 12.7. The van der Waals surface area contributed by atoms with Crippen molar-refractivity contribution in [2.75, 3.05) is 24.3 Å². The number of nitrogens with zero attached hydrogens (tertiary/aromatic N) is 4. The first kappa shape index (κ1) is 19.7. The van der Waals surface area contributed by atoms with Gasteiger partial charge < -0.3 is 14.8 Å². The van der Waals surface area contributed by atoms with E-state index in [2.05, 4.69) is 20.4 Å². The number of aromatic nitrogens is 4. The predicted octanol–water partition coefficient (Wildman–Crippen LogP) is 3.97. The first-order valence-electron chi connectivity index (χ1n) is 9.44. The average molecular weight is 454 g/mol. The first-order chi connectivity index (χ1) is 15.2. The predicted molar refractivity (Wildman–Crippen MR) is 118 cm³/mol. The molecule has 1 aliphatic heterocycles. The molecule has 0 fully saturated rings. The van der Waals surface area contributed by atoms with Gasteiger partial charge in [-0.3, -0.25) is 4.79 Å². The van der Waals surface area contributed by atoms with Crippen molar-refractivity contribution in [3.8, 4) is 17.2 Å². The van der Waals surface area contributed by atoms with Crippen molar-refractivity contribution in [3.05, 3.63) is 60.0 Å². The zero-order valence-electron chi connectivity index (χ0n) is 16.1. The molecule has 0 aliphatic carbocycles. The highest BCUT2D eigenvalue weighted by Gasteiger charge is 2.15. The van der Waals surface area contributed by atoms with Crippen LogP contribution in [0.25, 0.3) is 16.7 Å². The third kappa shape index (κ3) is 4.14. The summed E-state index contributed by atoms with van der Waals surface area (Å²) in [6, 6.07) is 12.7. The summed E-state index contributed by atoms with van der Waals surface area (Å²) in [6.45, 7) is 1.02. The summed E-state index contributed by atoms with van der Waals surface area (Å²) in [5.74, 6) is 1.34. The molecule has 3 heterocycles. The van der Waals surface area contributed by atoms with E-state index in [9.17, 15) is 4.79 Å². The van der Waals surface area contributed by atoms with E-state index >= 15 is 0 Å². The molecular weight excluding hydrogens is 438 g/mol. The molecule has 0 bridgehead atoms. The van der Waals surface area contributed by atoms with E-state index in [0.717, 1.165) is 11.1 Å². The molecular formula is C21H16ClN5O3S. The fourth-order valence-electron chi connectivity index (χ4n) is 3.16. The second kappa shape index (κ2) is 8.44. The number of hydrogen-bond acceptors (Lipinski definition) is 7. The standard InChI is InChI=1S/C21H16ClN5O3S/c22-13-1-4-15(5-2-13)27-20-16(10-25-27)21(24-12-23-20)31-11-19(28)26-14-3-6-17-18(9-14)30-8-7-29-17/h1-6,9-10,12H,7-8,11H2,(H,26,28). The summed E-state index contributed by atoms with van der Waals surface area (Å²) in [7, 11) is 0. The molecule has 1 N–H and O–H groups in total. The van der Waals surface area contributed by atoms with Crippen LogP contribution in [-0.2, 0) is 4.79 Å². The number of anilines is 1. The molecule has 1 amide bonds. The minimum atomic E-state index is -0.154. The van der Waals surface area contributed by atoms with Crippen molar-refractivity contribution in [3.63, 3.8) is 0 Å². The minimum Gasteiger partial charge on any atom is -0.486 e. The molecule has 31 heavy (non-hydrogen) atoms. The van der Waals surface area contributed by atoms with Gasteiger partial charge >= 0.3 is 0 Å². The molecule has 4 aromatic rings. The lowest BCUT2D eigenvalue weighted by molar-refractivity contribution is -0.113. The topological polar surface area (TPSA) is 91.2 Å². The fraction of sp³-hybridized carbons (Fsp3) is 0.143. The highest BCUT2D eigenvalue weighted by atomic mass is 35.5. The molecule has 2 aromatic carbocycles. The Labute approximate surface area is 186 Å². The van der Waals surface area contributed by atoms with Crippen LogP contribution in [0.3, 0.4) is 0 Å². The Balaban J connectivity index is 1.29. The number of fused-ring (bicyclic) bond motifs is 2. The fourth-order valence-corrected chi connectivity index (χ4v) is 4.05. The van der Waals surface area contributed by atoms with Crippen molar-refractivity contribution in [2.24, 2.45) is 0 Å². The highest BCUT2D eigenvalue weighted by Crippen LogP contribution is 2.33. The molecule has 1 aliphatic rings. The molecule has 0 atom stereocenters. The van der Waals surface area contributed by atoms with Gasteiger partial charge in [-0.2, -0.15) is 5.10 Å². The molecule has 156 valence electrons. The van der Waals surface area contributed by atoms with Gasteiger partial charge in [0.15, 0.2) is 17.1 Å². The SMILES string of the molecule is O=C(CSc1ncnc2c1cnn2-c1ccc(Cl)cc1)Nc1ccc2c(c1)OCCO2. The zero-order valence-corrected chi connectivity index (χ0v) is 17.7. The number of amides is 1. The second-order valence-electron chi connectivity index (χ2n) is 6.64. The molecule has 0 unspecified atom stereocenters. The summed E-state index contributed by atoms with van der Waals surface area (Å²) in [6.07, 6.45) is 3.17. The molecule has 8 nitrogen and oxygen atoms in total. The number of hydrogen-bond donors (Lipinski definition) is 1. The number of ether oxygens (including phenoxy) is 2. The Kier molecular flexibility index (Phi) is 5.35. The van der Waals surface area contributed by atoms with Crippen LogP contribution in [0.4, 0.5) is 5.69 Å². The van der Waals surface area contributed by atoms with Gasteiger partial charge in [-0.05, 0) is 36.4 Å². The Morgan fingerprint density at radius 3 is 2.74 bits per heavy atom. The minimum absolute atomic E-state index is 0.154.